The third-order valence-corrected chi connectivity index (χ3v) is 4.53. The topological polar surface area (TPSA) is 126 Å². The number of nitrogen functional groups attached to an aromatic ring is 1. The molecule has 1 aliphatic heterocycles. The van der Waals surface area contributed by atoms with Gasteiger partial charge in [-0.2, -0.15) is 0 Å². The fourth-order valence-electron chi connectivity index (χ4n) is 3.20. The molecular formula is C15H25N5O3. The Balaban J connectivity index is 1.65. The highest BCUT2D eigenvalue weighted by Gasteiger charge is 2.34. The lowest BCUT2D eigenvalue weighted by Gasteiger charge is -2.24. The predicted octanol–water partition coefficient (Wildman–Crippen LogP) is 0.683. The highest BCUT2D eigenvalue weighted by atomic mass is 16.5. The third kappa shape index (κ3) is 3.82. The van der Waals surface area contributed by atoms with Crippen LogP contribution in [-0.2, 0) is 4.74 Å². The molecule has 0 radical (unpaired) electrons. The number of hydrogen-bond donors (Lipinski definition) is 5. The maximum Gasteiger partial charge on any atom is 0.156 e. The molecule has 1 saturated heterocycles. The fourth-order valence-corrected chi connectivity index (χ4v) is 3.20. The van der Waals surface area contributed by atoms with E-state index in [1.54, 1.807) is 0 Å². The lowest BCUT2D eigenvalue weighted by molar-refractivity contribution is -0.0149. The molecule has 2 fully saturated rings. The van der Waals surface area contributed by atoms with Crippen LogP contribution in [0.25, 0.3) is 0 Å². The second kappa shape index (κ2) is 7.29. The van der Waals surface area contributed by atoms with Gasteiger partial charge in [-0.05, 0) is 12.8 Å². The predicted molar refractivity (Wildman–Crippen MR) is 86.9 cm³/mol. The summed E-state index contributed by atoms with van der Waals surface area (Å²) in [5.41, 5.74) is 6.61. The number of hydrogen-bond acceptors (Lipinski definition) is 8. The Hall–Kier alpha value is -1.64. The zero-order valence-electron chi connectivity index (χ0n) is 13.1. The molecule has 6 N–H and O–H groups in total. The third-order valence-electron chi connectivity index (χ3n) is 4.53. The lowest BCUT2D eigenvalue weighted by Crippen LogP contribution is -2.26. The van der Waals surface area contributed by atoms with Gasteiger partial charge in [0, 0.05) is 12.5 Å². The summed E-state index contributed by atoms with van der Waals surface area (Å²) in [5.74, 6) is 1.11. The molecule has 1 aromatic rings. The number of anilines is 3. The van der Waals surface area contributed by atoms with Gasteiger partial charge in [-0.3, -0.25) is 0 Å². The fraction of sp³-hybridized carbons (Fsp3) is 0.733. The standard InChI is InChI=1S/C15H25N5O3/c16-13-14(19-9-4-2-1-3-5-9)17-8-18-15(13)20-12-6-10(22)11(7-21)23-12/h8-12,21-22H,1-7,16H2,(H2,17,18,19,20). The molecule has 3 rings (SSSR count). The van der Waals surface area contributed by atoms with E-state index in [0.717, 1.165) is 12.8 Å². The minimum Gasteiger partial charge on any atom is -0.394 e. The molecule has 1 saturated carbocycles. The monoisotopic (exact) mass is 323 g/mol. The Morgan fingerprint density at radius 2 is 1.87 bits per heavy atom. The number of aliphatic hydroxyl groups excluding tert-OH is 2. The van der Waals surface area contributed by atoms with Crippen molar-refractivity contribution in [3.8, 4) is 0 Å². The molecule has 128 valence electrons. The van der Waals surface area contributed by atoms with Crippen LogP contribution in [0.3, 0.4) is 0 Å². The first-order valence-electron chi connectivity index (χ1n) is 8.25. The molecule has 0 spiro atoms. The van der Waals surface area contributed by atoms with Crippen LogP contribution in [0.1, 0.15) is 38.5 Å². The van der Waals surface area contributed by atoms with E-state index in [1.807, 2.05) is 0 Å². The summed E-state index contributed by atoms with van der Waals surface area (Å²) in [7, 11) is 0. The highest BCUT2D eigenvalue weighted by Crippen LogP contribution is 2.29. The van der Waals surface area contributed by atoms with E-state index in [9.17, 15) is 5.11 Å². The van der Waals surface area contributed by atoms with Crippen LogP contribution >= 0.6 is 0 Å². The van der Waals surface area contributed by atoms with Crippen LogP contribution in [-0.4, -0.2) is 51.3 Å². The summed E-state index contributed by atoms with van der Waals surface area (Å²) in [5, 5.41) is 25.4. The van der Waals surface area contributed by atoms with Crippen molar-refractivity contribution < 1.29 is 14.9 Å². The second-order valence-electron chi connectivity index (χ2n) is 6.26. The molecule has 1 aliphatic carbocycles. The number of nitrogens with two attached hydrogens (primary N) is 1. The van der Waals surface area contributed by atoms with Crippen molar-refractivity contribution in [2.75, 3.05) is 23.0 Å². The summed E-state index contributed by atoms with van der Waals surface area (Å²) in [6.45, 7) is -0.215. The van der Waals surface area contributed by atoms with E-state index in [-0.39, 0.29) is 6.61 Å². The van der Waals surface area contributed by atoms with E-state index in [4.69, 9.17) is 15.6 Å². The lowest BCUT2D eigenvalue weighted by atomic mass is 9.95. The van der Waals surface area contributed by atoms with Crippen LogP contribution in [0.5, 0.6) is 0 Å². The van der Waals surface area contributed by atoms with Gasteiger partial charge in [0.2, 0.25) is 0 Å². The summed E-state index contributed by atoms with van der Waals surface area (Å²) in [6.07, 6.45) is 6.13. The van der Waals surface area contributed by atoms with Crippen molar-refractivity contribution >= 4 is 17.3 Å². The zero-order valence-corrected chi connectivity index (χ0v) is 13.1. The van der Waals surface area contributed by atoms with Gasteiger partial charge in [-0.25, -0.2) is 9.97 Å². The smallest absolute Gasteiger partial charge is 0.156 e. The van der Waals surface area contributed by atoms with E-state index >= 15 is 0 Å². The van der Waals surface area contributed by atoms with Crippen molar-refractivity contribution in [1.29, 1.82) is 0 Å². The Bertz CT molecular complexity index is 524. The molecule has 3 unspecified atom stereocenters. The molecule has 1 aromatic heterocycles. The van der Waals surface area contributed by atoms with Gasteiger partial charge in [0.05, 0.1) is 12.7 Å². The number of nitrogens with zero attached hydrogens (tertiary/aromatic N) is 2. The van der Waals surface area contributed by atoms with E-state index in [2.05, 4.69) is 20.6 Å². The van der Waals surface area contributed by atoms with E-state index in [0.29, 0.717) is 29.8 Å². The average Bonchev–Trinajstić information content (AvgIpc) is 2.92. The summed E-state index contributed by atoms with van der Waals surface area (Å²) in [4.78, 5) is 8.40. The van der Waals surface area contributed by atoms with Gasteiger partial charge in [-0.15, -0.1) is 0 Å². The normalized spacial score (nSPS) is 28.7. The SMILES string of the molecule is Nc1c(NC2CCCCC2)ncnc1NC1CC(O)C(CO)O1. The summed E-state index contributed by atoms with van der Waals surface area (Å²) < 4.78 is 5.52. The Kier molecular flexibility index (Phi) is 5.14. The minimum absolute atomic E-state index is 0.215. The number of aliphatic hydroxyl groups is 2. The second-order valence-corrected chi connectivity index (χ2v) is 6.26. The Morgan fingerprint density at radius 1 is 1.17 bits per heavy atom. The number of aromatic nitrogens is 2. The molecule has 8 nitrogen and oxygen atoms in total. The van der Waals surface area contributed by atoms with Crippen LogP contribution in [0.2, 0.25) is 0 Å². The molecule has 23 heavy (non-hydrogen) atoms. The van der Waals surface area contributed by atoms with Crippen molar-refractivity contribution in [3.05, 3.63) is 6.33 Å². The first-order chi connectivity index (χ1) is 11.2. The molecular weight excluding hydrogens is 298 g/mol. The van der Waals surface area contributed by atoms with Gasteiger partial charge < -0.3 is 31.3 Å². The van der Waals surface area contributed by atoms with Gasteiger partial charge in [0.15, 0.2) is 11.6 Å². The molecule has 2 aliphatic rings. The Labute approximate surface area is 135 Å². The van der Waals surface area contributed by atoms with Crippen molar-refractivity contribution in [2.45, 2.75) is 63.0 Å². The van der Waals surface area contributed by atoms with Crippen molar-refractivity contribution in [3.63, 3.8) is 0 Å². The van der Waals surface area contributed by atoms with E-state index in [1.165, 1.54) is 25.6 Å². The van der Waals surface area contributed by atoms with Gasteiger partial charge in [-0.1, -0.05) is 19.3 Å². The number of nitrogens with one attached hydrogen (secondary N) is 2. The van der Waals surface area contributed by atoms with Crippen LogP contribution in [0.4, 0.5) is 17.3 Å². The number of rotatable bonds is 5. The molecule has 0 amide bonds. The maximum atomic E-state index is 9.78. The maximum absolute atomic E-state index is 9.78. The van der Waals surface area contributed by atoms with Crippen molar-refractivity contribution in [1.82, 2.24) is 9.97 Å². The van der Waals surface area contributed by atoms with Gasteiger partial charge in [0.25, 0.3) is 0 Å². The van der Waals surface area contributed by atoms with E-state index < -0.39 is 18.4 Å². The first kappa shape index (κ1) is 16.2. The summed E-state index contributed by atoms with van der Waals surface area (Å²) >= 11 is 0. The summed E-state index contributed by atoms with van der Waals surface area (Å²) in [6, 6.07) is 0.400. The quantitative estimate of drug-likeness (QED) is 0.536. The minimum atomic E-state index is -0.694. The van der Waals surface area contributed by atoms with Crippen LogP contribution < -0.4 is 16.4 Å². The zero-order chi connectivity index (χ0) is 16.2. The largest absolute Gasteiger partial charge is 0.394 e. The van der Waals surface area contributed by atoms with Crippen molar-refractivity contribution in [2.24, 2.45) is 0 Å². The van der Waals surface area contributed by atoms with Crippen LogP contribution in [0.15, 0.2) is 6.33 Å². The molecule has 0 aromatic carbocycles. The molecule has 3 atom stereocenters. The molecule has 8 heteroatoms. The Morgan fingerprint density at radius 3 is 2.52 bits per heavy atom. The average molecular weight is 323 g/mol. The first-order valence-corrected chi connectivity index (χ1v) is 8.25. The highest BCUT2D eigenvalue weighted by molar-refractivity contribution is 5.74. The van der Waals surface area contributed by atoms with Gasteiger partial charge >= 0.3 is 0 Å². The van der Waals surface area contributed by atoms with Crippen LogP contribution in [0, 0.1) is 0 Å². The molecule has 0 bridgehead atoms. The number of ether oxygens (including phenoxy) is 1. The van der Waals surface area contributed by atoms with Gasteiger partial charge in [0.1, 0.15) is 24.3 Å². The molecule has 2 heterocycles.